The number of alkyl halides is 1. The molecule has 2 N–H and O–H groups in total. The maximum atomic E-state index is 12.6. The molecule has 0 aliphatic carbocycles. The fourth-order valence-corrected chi connectivity index (χ4v) is 14.0. The summed E-state index contributed by atoms with van der Waals surface area (Å²) < 4.78 is 46.2. The number of halogens is 1. The number of amides is 4. The zero-order valence-electron chi connectivity index (χ0n) is 79.8. The highest BCUT2D eigenvalue weighted by molar-refractivity contribution is 9.08. The predicted molar refractivity (Wildman–Crippen MR) is 495 cm³/mol. The zero-order valence-corrected chi connectivity index (χ0v) is 81.4. The van der Waals surface area contributed by atoms with Crippen molar-refractivity contribution in [2.45, 2.75) is 197 Å². The average Bonchev–Trinajstić information content (AvgIpc) is 1.65. The third kappa shape index (κ3) is 28.9. The number of nitriles is 1. The van der Waals surface area contributed by atoms with Crippen LogP contribution in [0.4, 0.5) is 0 Å². The van der Waals surface area contributed by atoms with Crippen LogP contribution in [-0.2, 0) is 32.4 Å². The first-order chi connectivity index (χ1) is 59.4. The minimum Gasteiger partial charge on any atom is -0.508 e. The van der Waals surface area contributed by atoms with Crippen molar-refractivity contribution in [1.29, 1.82) is 5.26 Å². The van der Waals surface area contributed by atoms with Crippen molar-refractivity contribution >= 4 is 76.3 Å². The molecule has 0 radical (unpaired) electrons. The van der Waals surface area contributed by atoms with Gasteiger partial charge in [0.1, 0.15) is 68.8 Å². The van der Waals surface area contributed by atoms with E-state index in [0.29, 0.717) is 160 Å². The number of esters is 3. The normalized spacial score (nSPS) is 10.8. The van der Waals surface area contributed by atoms with E-state index in [9.17, 15) is 53.1 Å². The molecule has 0 spiro atoms. The van der Waals surface area contributed by atoms with Crippen LogP contribution in [0.15, 0.2) is 60.7 Å². The Kier molecular flexibility index (Phi) is 52.2. The first-order valence-electron chi connectivity index (χ1n) is 41.9. The number of carbonyl (C=O) groups excluding carboxylic acids is 10. The number of phenols is 2. The van der Waals surface area contributed by atoms with E-state index < -0.39 is 18.0 Å². The van der Waals surface area contributed by atoms with E-state index in [2.05, 4.69) is 39.3 Å². The summed E-state index contributed by atoms with van der Waals surface area (Å²) in [5.41, 5.74) is 16.6. The number of methoxy groups -OCH3 is 8. The van der Waals surface area contributed by atoms with Gasteiger partial charge in [0.15, 0.2) is 18.9 Å². The van der Waals surface area contributed by atoms with Crippen LogP contribution in [0.2, 0.25) is 0 Å². The van der Waals surface area contributed by atoms with E-state index >= 15 is 0 Å². The van der Waals surface area contributed by atoms with Gasteiger partial charge in [-0.15, -0.1) is 0 Å². The van der Waals surface area contributed by atoms with Crippen LogP contribution < -0.4 is 28.4 Å². The number of rotatable bonds is 26. The molecule has 125 heavy (non-hydrogen) atoms. The second-order valence-corrected chi connectivity index (χ2v) is 28.4. The Morgan fingerprint density at radius 1 is 0.416 bits per heavy atom. The fourth-order valence-electron chi connectivity index (χ4n) is 13.3. The van der Waals surface area contributed by atoms with E-state index in [0.717, 1.165) is 85.9 Å². The SMILES string of the molecule is CC.CCC.CCN(CC)C(=O)c1c(C=O)cc(C)c(C)c1OC.CCN(CC)C(=O)c1c(C=O)cc(C)c(CBr)c1OC.CCN(CC)C(=O)c1ccc(C)c(C)c1OC.CCc1c(C)cc(C=O)c(C(=O)N(CC)CC)c1OC.CCc1c(C)cc2c(c1OC)C(=O)OC2C#N.COC(=O)c1ccc(C)c(C)c1OC.COC(=O)c1ccc(O)c(C)c1O. The van der Waals surface area contributed by atoms with Gasteiger partial charge in [-0.05, 0) is 247 Å². The van der Waals surface area contributed by atoms with E-state index in [-0.39, 0.29) is 52.2 Å². The number of aryl methyl sites for hydroxylation is 6. The van der Waals surface area contributed by atoms with Crippen LogP contribution in [0.3, 0.4) is 0 Å². The van der Waals surface area contributed by atoms with Crippen LogP contribution in [0.5, 0.6) is 46.0 Å². The van der Waals surface area contributed by atoms with Gasteiger partial charge in [-0.1, -0.05) is 76.0 Å². The lowest BCUT2D eigenvalue weighted by atomic mass is 9.95. The average molecular weight is 1800 g/mol. The molecule has 0 saturated heterocycles. The van der Waals surface area contributed by atoms with Crippen molar-refractivity contribution in [1.82, 2.24) is 19.6 Å². The Balaban J connectivity index is 0.00000143. The molecule has 0 bridgehead atoms. The topological polar surface area (TPSA) is 331 Å². The van der Waals surface area contributed by atoms with Gasteiger partial charge < -0.3 is 72.4 Å². The summed E-state index contributed by atoms with van der Waals surface area (Å²) in [6.07, 6.45) is 4.12. The van der Waals surface area contributed by atoms with Crippen molar-refractivity contribution in [3.05, 3.63) is 194 Å². The molecule has 1 aliphatic rings. The first kappa shape index (κ1) is 113. The molecule has 686 valence electrons. The molecule has 1 aliphatic heterocycles. The van der Waals surface area contributed by atoms with Crippen LogP contribution in [-0.4, -0.2) is 199 Å². The number of benzene rings is 7. The number of cyclic esters (lactones) is 1. The van der Waals surface area contributed by atoms with Crippen LogP contribution >= 0.6 is 15.9 Å². The monoisotopic (exact) mass is 1800 g/mol. The van der Waals surface area contributed by atoms with Gasteiger partial charge in [-0.2, -0.15) is 5.26 Å². The number of hydrogen-bond acceptors (Lipinski definition) is 22. The highest BCUT2D eigenvalue weighted by atomic mass is 79.9. The smallest absolute Gasteiger partial charge is 0.344 e. The molecular formula is C98H136BrN5O21. The summed E-state index contributed by atoms with van der Waals surface area (Å²) in [5, 5.41) is 28.1. The van der Waals surface area contributed by atoms with E-state index in [4.69, 9.17) is 43.5 Å². The number of fused-ring (bicyclic) bond motifs is 1. The number of carbonyl (C=O) groups is 10. The van der Waals surface area contributed by atoms with E-state index in [1.807, 2.05) is 176 Å². The number of ether oxygens (including phenoxy) is 9. The third-order valence-corrected chi connectivity index (χ3v) is 21.2. The first-order valence-corrected chi connectivity index (χ1v) is 43.0. The molecule has 1 unspecified atom stereocenters. The number of nitrogens with zero attached hydrogens (tertiary/aromatic N) is 5. The molecule has 4 amide bonds. The third-order valence-electron chi connectivity index (χ3n) is 20.6. The van der Waals surface area contributed by atoms with Gasteiger partial charge in [-0.25, -0.2) is 14.4 Å². The van der Waals surface area contributed by atoms with Gasteiger partial charge in [-0.3, -0.25) is 33.6 Å². The number of aldehydes is 3. The van der Waals surface area contributed by atoms with Gasteiger partial charge >= 0.3 is 17.9 Å². The predicted octanol–water partition coefficient (Wildman–Crippen LogP) is 19.5. The molecule has 1 heterocycles. The van der Waals surface area contributed by atoms with Crippen LogP contribution in [0.25, 0.3) is 0 Å². The Labute approximate surface area is 750 Å². The van der Waals surface area contributed by atoms with Crippen molar-refractivity contribution in [3.63, 3.8) is 0 Å². The lowest BCUT2D eigenvalue weighted by Crippen LogP contribution is -2.32. The van der Waals surface area contributed by atoms with E-state index in [1.54, 1.807) is 65.2 Å². The lowest BCUT2D eigenvalue weighted by Gasteiger charge is -2.23. The molecule has 26 nitrogen and oxygen atoms in total. The second kappa shape index (κ2) is 57.6. The summed E-state index contributed by atoms with van der Waals surface area (Å²) >= 11 is 3.41. The highest BCUT2D eigenvalue weighted by Gasteiger charge is 2.37. The van der Waals surface area contributed by atoms with Crippen molar-refractivity contribution in [2.24, 2.45) is 0 Å². The zero-order chi connectivity index (χ0) is 96.2. The largest absolute Gasteiger partial charge is 0.508 e. The van der Waals surface area contributed by atoms with Crippen LogP contribution in [0.1, 0.15) is 291 Å². The van der Waals surface area contributed by atoms with Crippen LogP contribution in [0, 0.1) is 80.6 Å². The molecule has 7 aromatic carbocycles. The quantitative estimate of drug-likeness (QED) is 0.0220. The highest BCUT2D eigenvalue weighted by Crippen LogP contribution is 2.41. The van der Waals surface area contributed by atoms with Crippen molar-refractivity contribution in [3.8, 4) is 52.1 Å². The standard InChI is InChI=1S/C16H23NO3.C15H20BrNO3.C15H21NO3.C14H21NO2.C13H13NO3.C11H14O3.C9H10O4.C3H8.C2H6/c1-6-13-11(4)9-12(10-18)14(15(13)20-5)16(19)17(7-2)8-3;1-5-17(6-2)15(19)13-11(9-18)7-10(3)12(8-16)14(13)20-4;1-6-16(7-2)15(18)13-12(9-17)8-10(3)11(4)14(13)19-5;1-6-15(7-2)14(16)12-9-8-10(3)11(4)13(12)17-5;1-4-8-7(2)5-9-10(6-14)17-13(15)11(9)12(8)16-3;1-7-5-6-9(11(12)14-4)10(13-3)8(7)2;1-5-7(10)4-3-6(8(5)11)9(12)13-2;1-3-2;1-2/h9-10H,6-8H2,1-5H3;7,9H,5-6,8H2,1-4H3;8-9H,6-7H2,1-5H3;8-9H,6-7H2,1-5H3;5,10H,4H2,1-3H3;5-6H,1-4H3;3-4,10-11H,1-2H3;3H2,1-2H3;1-2H3. The number of aromatic hydroxyl groups is 2. The summed E-state index contributed by atoms with van der Waals surface area (Å²) in [6.45, 7) is 51.7. The molecule has 0 aromatic heterocycles. The number of hydrogen-bond donors (Lipinski definition) is 2. The molecule has 0 fully saturated rings. The fraction of sp³-hybridized carbons (Fsp3) is 0.459. The Morgan fingerprint density at radius 3 is 1.08 bits per heavy atom. The van der Waals surface area contributed by atoms with Gasteiger partial charge in [0, 0.05) is 91.1 Å². The Morgan fingerprint density at radius 2 is 0.728 bits per heavy atom. The minimum atomic E-state index is -0.809. The Bertz CT molecular complexity index is 4740. The molecule has 8 rings (SSSR count). The molecule has 27 heteroatoms. The summed E-state index contributed by atoms with van der Waals surface area (Å²) in [7, 11) is 11.9. The van der Waals surface area contributed by atoms with Crippen molar-refractivity contribution < 1.29 is 101 Å². The van der Waals surface area contributed by atoms with Gasteiger partial charge in [0.05, 0.1) is 79.1 Å². The minimum absolute atomic E-state index is 0.0370. The molecule has 7 aromatic rings. The summed E-state index contributed by atoms with van der Waals surface area (Å²) in [6, 6.07) is 19.1. The maximum Gasteiger partial charge on any atom is 0.344 e. The summed E-state index contributed by atoms with van der Waals surface area (Å²) in [5.74, 6) is 1.15. The lowest BCUT2D eigenvalue weighted by molar-refractivity contribution is 0.0473. The van der Waals surface area contributed by atoms with Crippen molar-refractivity contribution in [2.75, 3.05) is 109 Å². The molecule has 1 atom stereocenters. The number of phenolic OH excluding ortho intramolecular Hbond substituents is 2. The summed E-state index contributed by atoms with van der Waals surface area (Å²) in [4.78, 5) is 125. The molecular weight excluding hydrogens is 1660 g/mol. The van der Waals surface area contributed by atoms with E-state index in [1.165, 1.54) is 61.0 Å². The van der Waals surface area contributed by atoms with Gasteiger partial charge in [0.25, 0.3) is 23.6 Å². The maximum absolute atomic E-state index is 12.6. The Hall–Kier alpha value is -11.8. The second-order valence-electron chi connectivity index (χ2n) is 27.8. The van der Waals surface area contributed by atoms with Gasteiger partial charge in [0.2, 0.25) is 6.10 Å². The molecule has 0 saturated carbocycles.